The first-order valence-electron chi connectivity index (χ1n) is 7.34. The molecular formula is C15H19F2NO2S. The van der Waals surface area contributed by atoms with Crippen molar-refractivity contribution in [2.45, 2.75) is 43.5 Å². The fourth-order valence-corrected chi connectivity index (χ4v) is 5.37. The van der Waals surface area contributed by atoms with Gasteiger partial charge in [-0.1, -0.05) is 6.42 Å². The molecule has 2 saturated carbocycles. The Morgan fingerprint density at radius 3 is 2.62 bits per heavy atom. The Hall–Kier alpha value is -1.01. The Morgan fingerprint density at radius 2 is 2.00 bits per heavy atom. The summed E-state index contributed by atoms with van der Waals surface area (Å²) in [6, 6.07) is 2.22. The Kier molecular flexibility index (Phi) is 3.78. The van der Waals surface area contributed by atoms with Crippen LogP contribution in [0.3, 0.4) is 0 Å². The average Bonchev–Trinajstić information content (AvgIpc) is 3.03. The molecule has 2 bridgehead atoms. The van der Waals surface area contributed by atoms with Gasteiger partial charge in [0, 0.05) is 6.04 Å². The van der Waals surface area contributed by atoms with Crippen LogP contribution >= 0.6 is 0 Å². The maximum atomic E-state index is 13.7. The molecule has 0 heterocycles. The van der Waals surface area contributed by atoms with Crippen molar-refractivity contribution in [2.24, 2.45) is 17.8 Å². The minimum atomic E-state index is -4.03. The second-order valence-electron chi connectivity index (χ2n) is 6.32. The van der Waals surface area contributed by atoms with Crippen LogP contribution in [0.15, 0.2) is 23.1 Å². The second-order valence-corrected chi connectivity index (χ2v) is 8.01. The fraction of sp³-hybridized carbons (Fsp3) is 0.600. The lowest BCUT2D eigenvalue weighted by Gasteiger charge is -2.28. The highest BCUT2D eigenvalue weighted by atomic mass is 32.2. The van der Waals surface area contributed by atoms with Gasteiger partial charge in [-0.3, -0.25) is 0 Å². The molecule has 1 N–H and O–H groups in total. The molecule has 3 nitrogen and oxygen atoms in total. The fourth-order valence-electron chi connectivity index (χ4n) is 3.99. The summed E-state index contributed by atoms with van der Waals surface area (Å²) in [5.41, 5.74) is 0. The molecule has 2 fully saturated rings. The van der Waals surface area contributed by atoms with Crippen LogP contribution in [-0.2, 0) is 10.0 Å². The maximum absolute atomic E-state index is 13.7. The second kappa shape index (κ2) is 5.32. The third-order valence-corrected chi connectivity index (χ3v) is 6.53. The number of rotatable bonds is 4. The van der Waals surface area contributed by atoms with Gasteiger partial charge in [-0.05, 0) is 62.1 Å². The van der Waals surface area contributed by atoms with Gasteiger partial charge in [0.2, 0.25) is 10.0 Å². The molecular weight excluding hydrogens is 296 g/mol. The summed E-state index contributed by atoms with van der Waals surface area (Å²) in [6.45, 7) is 1.82. The van der Waals surface area contributed by atoms with Crippen molar-refractivity contribution in [2.75, 3.05) is 0 Å². The van der Waals surface area contributed by atoms with Crippen LogP contribution in [0.25, 0.3) is 0 Å². The van der Waals surface area contributed by atoms with Crippen LogP contribution in [0, 0.1) is 29.4 Å². The number of halogens is 2. The predicted octanol–water partition coefficient (Wildman–Crippen LogP) is 3.07. The summed E-state index contributed by atoms with van der Waals surface area (Å²) >= 11 is 0. The Balaban J connectivity index is 1.78. The molecule has 1 aromatic rings. The van der Waals surface area contributed by atoms with Gasteiger partial charge in [-0.25, -0.2) is 21.9 Å². The van der Waals surface area contributed by atoms with Crippen molar-refractivity contribution in [3.8, 4) is 0 Å². The lowest BCUT2D eigenvalue weighted by Crippen LogP contribution is -2.40. The molecule has 4 unspecified atom stereocenters. The van der Waals surface area contributed by atoms with E-state index in [0.29, 0.717) is 17.8 Å². The molecule has 6 heteroatoms. The molecule has 0 aromatic heterocycles. The van der Waals surface area contributed by atoms with E-state index in [1.165, 1.54) is 12.8 Å². The summed E-state index contributed by atoms with van der Waals surface area (Å²) in [5, 5.41) is 0. The molecule has 21 heavy (non-hydrogen) atoms. The number of nitrogens with one attached hydrogen (secondary N) is 1. The first-order chi connectivity index (χ1) is 9.87. The van der Waals surface area contributed by atoms with Gasteiger partial charge in [-0.15, -0.1) is 0 Å². The highest BCUT2D eigenvalue weighted by Gasteiger charge is 2.42. The number of hydrogen-bond acceptors (Lipinski definition) is 2. The predicted molar refractivity (Wildman–Crippen MR) is 75.1 cm³/mol. The first-order valence-corrected chi connectivity index (χ1v) is 8.82. The highest BCUT2D eigenvalue weighted by Crippen LogP contribution is 2.49. The van der Waals surface area contributed by atoms with E-state index < -0.39 is 26.6 Å². The monoisotopic (exact) mass is 315 g/mol. The average molecular weight is 315 g/mol. The summed E-state index contributed by atoms with van der Waals surface area (Å²) in [4.78, 5) is -0.613. The number of sulfonamides is 1. The SMILES string of the molecule is CC(NS(=O)(=O)c1cc(F)ccc1F)C1CC2CCC1C2. The number of fused-ring (bicyclic) bond motifs is 2. The van der Waals surface area contributed by atoms with Crippen LogP contribution < -0.4 is 4.72 Å². The van der Waals surface area contributed by atoms with Crippen molar-refractivity contribution in [1.82, 2.24) is 4.72 Å². The van der Waals surface area contributed by atoms with Crippen molar-refractivity contribution in [3.63, 3.8) is 0 Å². The van der Waals surface area contributed by atoms with Gasteiger partial charge in [0.15, 0.2) is 0 Å². The van der Waals surface area contributed by atoms with Crippen molar-refractivity contribution in [1.29, 1.82) is 0 Å². The minimum Gasteiger partial charge on any atom is -0.208 e. The molecule has 0 saturated heterocycles. The molecule has 0 amide bonds. The molecule has 0 spiro atoms. The topological polar surface area (TPSA) is 46.2 Å². The number of hydrogen-bond donors (Lipinski definition) is 1. The van der Waals surface area contributed by atoms with E-state index >= 15 is 0 Å². The van der Waals surface area contributed by atoms with Crippen LogP contribution in [0.2, 0.25) is 0 Å². The van der Waals surface area contributed by atoms with Crippen LogP contribution in [0.1, 0.15) is 32.6 Å². The standard InChI is InChI=1S/C15H19F2NO2S/c1-9(13-7-10-2-3-11(13)6-10)18-21(19,20)15-8-12(16)4-5-14(15)17/h4-5,8-11,13,18H,2-3,6-7H2,1H3. The van der Waals surface area contributed by atoms with Gasteiger partial charge in [0.05, 0.1) is 0 Å². The van der Waals surface area contributed by atoms with E-state index in [1.807, 2.05) is 6.92 Å². The van der Waals surface area contributed by atoms with Crippen molar-refractivity contribution in [3.05, 3.63) is 29.8 Å². The minimum absolute atomic E-state index is 0.257. The highest BCUT2D eigenvalue weighted by molar-refractivity contribution is 7.89. The summed E-state index contributed by atoms with van der Waals surface area (Å²) in [5.74, 6) is -0.119. The molecule has 1 aromatic carbocycles. The van der Waals surface area contributed by atoms with Crippen molar-refractivity contribution < 1.29 is 17.2 Å². The third kappa shape index (κ3) is 2.83. The largest absolute Gasteiger partial charge is 0.243 e. The van der Waals surface area contributed by atoms with Gasteiger partial charge < -0.3 is 0 Å². The summed E-state index contributed by atoms with van der Waals surface area (Å²) in [7, 11) is -4.03. The maximum Gasteiger partial charge on any atom is 0.243 e. The van der Waals surface area contributed by atoms with E-state index in [9.17, 15) is 17.2 Å². The van der Waals surface area contributed by atoms with E-state index in [2.05, 4.69) is 4.72 Å². The van der Waals surface area contributed by atoms with Gasteiger partial charge in [-0.2, -0.15) is 0 Å². The molecule has 3 rings (SSSR count). The zero-order valence-corrected chi connectivity index (χ0v) is 12.7. The smallest absolute Gasteiger partial charge is 0.208 e. The zero-order valence-electron chi connectivity index (χ0n) is 11.9. The van der Waals surface area contributed by atoms with Crippen molar-refractivity contribution >= 4 is 10.0 Å². The van der Waals surface area contributed by atoms with Gasteiger partial charge >= 0.3 is 0 Å². The normalized spacial score (nSPS) is 29.8. The molecule has 0 radical (unpaired) electrons. The van der Waals surface area contributed by atoms with E-state index in [4.69, 9.17) is 0 Å². The van der Waals surface area contributed by atoms with Crippen LogP contribution in [0.5, 0.6) is 0 Å². The van der Waals surface area contributed by atoms with Gasteiger partial charge in [0.25, 0.3) is 0 Å². The lowest BCUT2D eigenvalue weighted by atomic mass is 9.84. The van der Waals surface area contributed by atoms with E-state index in [1.54, 1.807) is 0 Å². The Morgan fingerprint density at radius 1 is 1.24 bits per heavy atom. The number of benzene rings is 1. The molecule has 2 aliphatic carbocycles. The van der Waals surface area contributed by atoms with Gasteiger partial charge in [0.1, 0.15) is 16.5 Å². The zero-order chi connectivity index (χ0) is 15.2. The molecule has 0 aliphatic heterocycles. The first kappa shape index (κ1) is 14.9. The van der Waals surface area contributed by atoms with E-state index in [-0.39, 0.29) is 6.04 Å². The molecule has 4 atom stereocenters. The lowest BCUT2D eigenvalue weighted by molar-refractivity contribution is 0.280. The third-order valence-electron chi connectivity index (χ3n) is 4.96. The molecule has 116 valence electrons. The quantitative estimate of drug-likeness (QED) is 0.928. The Labute approximate surface area is 123 Å². The van der Waals surface area contributed by atoms with Crippen LogP contribution in [-0.4, -0.2) is 14.5 Å². The Bertz CT molecular complexity index is 647. The van der Waals surface area contributed by atoms with Crippen LogP contribution in [0.4, 0.5) is 8.78 Å². The van der Waals surface area contributed by atoms with E-state index in [0.717, 1.165) is 31.0 Å². The summed E-state index contributed by atoms with van der Waals surface area (Å²) in [6.07, 6.45) is 4.58. The molecule has 2 aliphatic rings. The summed E-state index contributed by atoms with van der Waals surface area (Å²) < 4.78 is 53.9.